The lowest BCUT2D eigenvalue weighted by atomic mass is 9.79. The molecule has 3 amide bonds. The molecule has 2 aromatic carbocycles. The van der Waals surface area contributed by atoms with Crippen LogP contribution in [0.4, 0.5) is 18.9 Å². The summed E-state index contributed by atoms with van der Waals surface area (Å²) in [4.78, 5) is 57.0. The Kier molecular flexibility index (Phi) is 10.2. The Labute approximate surface area is 327 Å². The van der Waals surface area contributed by atoms with Gasteiger partial charge in [0, 0.05) is 44.2 Å². The van der Waals surface area contributed by atoms with Gasteiger partial charge in [-0.05, 0) is 112 Å². The van der Waals surface area contributed by atoms with Gasteiger partial charge < -0.3 is 19.5 Å². The number of nitrogens with one attached hydrogen (secondary N) is 2. The molecule has 1 unspecified atom stereocenters. The summed E-state index contributed by atoms with van der Waals surface area (Å²) in [5, 5.41) is 5.98. The topological polar surface area (TPSA) is 132 Å². The van der Waals surface area contributed by atoms with Gasteiger partial charge in [-0.2, -0.15) is 13.2 Å². The fraction of sp³-hybridized carbons (Fsp3) is 0.452. The number of piperidine rings is 2. The lowest BCUT2D eigenvalue weighted by Crippen LogP contribution is -2.44. The number of imide groups is 1. The monoisotopic (exact) mass is 785 g/mol. The average molecular weight is 786 g/mol. The summed E-state index contributed by atoms with van der Waals surface area (Å²) in [5.74, 6) is 0.146. The summed E-state index contributed by atoms with van der Waals surface area (Å²) in [6.45, 7) is 2.98. The van der Waals surface area contributed by atoms with E-state index in [9.17, 15) is 32.3 Å². The molecule has 8 rings (SSSR count). The number of rotatable bonds is 8. The van der Waals surface area contributed by atoms with Crippen LogP contribution in [0.25, 0.3) is 21.9 Å². The molecule has 57 heavy (non-hydrogen) atoms. The molecule has 2 N–H and O–H groups in total. The number of alkyl halides is 3. The van der Waals surface area contributed by atoms with Crippen LogP contribution in [0.2, 0.25) is 0 Å². The summed E-state index contributed by atoms with van der Waals surface area (Å²) < 4.78 is 50.6. The van der Waals surface area contributed by atoms with Crippen LogP contribution >= 0.6 is 0 Å². The quantitative estimate of drug-likeness (QED) is 0.169. The molecule has 2 aliphatic heterocycles. The van der Waals surface area contributed by atoms with E-state index in [1.807, 2.05) is 25.2 Å². The van der Waals surface area contributed by atoms with E-state index >= 15 is 0 Å². The van der Waals surface area contributed by atoms with E-state index in [-0.39, 0.29) is 23.7 Å². The average Bonchev–Trinajstić information content (AvgIpc) is 3.65. The second-order valence-corrected chi connectivity index (χ2v) is 15.8. The molecule has 5 aromatic rings. The number of hydrogen-bond donors (Lipinski definition) is 2. The van der Waals surface area contributed by atoms with Crippen LogP contribution in [0.3, 0.4) is 0 Å². The van der Waals surface area contributed by atoms with Crippen molar-refractivity contribution in [3.8, 4) is 5.75 Å². The van der Waals surface area contributed by atoms with Gasteiger partial charge in [-0.3, -0.25) is 28.8 Å². The maximum Gasteiger partial charge on any atom is 0.433 e. The van der Waals surface area contributed by atoms with Crippen LogP contribution < -0.4 is 21.1 Å². The number of nitrogens with zero attached hydrogens (tertiary/aromatic N) is 5. The van der Waals surface area contributed by atoms with Crippen molar-refractivity contribution in [1.82, 2.24) is 28.9 Å². The maximum absolute atomic E-state index is 13.5. The number of fused-ring (bicyclic) bond motifs is 2. The fourth-order valence-corrected chi connectivity index (χ4v) is 9.41. The third-order valence-electron chi connectivity index (χ3n) is 12.4. The highest BCUT2D eigenvalue weighted by atomic mass is 19.4. The van der Waals surface area contributed by atoms with E-state index in [2.05, 4.69) is 37.2 Å². The van der Waals surface area contributed by atoms with Gasteiger partial charge in [0.2, 0.25) is 11.8 Å². The van der Waals surface area contributed by atoms with Gasteiger partial charge in [-0.25, -0.2) is 9.78 Å². The predicted molar refractivity (Wildman–Crippen MR) is 208 cm³/mol. The van der Waals surface area contributed by atoms with Crippen LogP contribution in [0.15, 0.2) is 59.4 Å². The largest absolute Gasteiger partial charge is 0.494 e. The van der Waals surface area contributed by atoms with E-state index in [1.54, 1.807) is 22.2 Å². The Balaban J connectivity index is 0.893. The normalized spacial score (nSPS) is 21.3. The van der Waals surface area contributed by atoms with Crippen molar-refractivity contribution in [2.75, 3.05) is 32.1 Å². The number of ether oxygens (including phenoxy) is 1. The molecule has 3 aliphatic rings. The molecule has 1 atom stereocenters. The number of amides is 3. The maximum atomic E-state index is 13.5. The number of aromatic nitrogens is 4. The second kappa shape index (κ2) is 15.1. The van der Waals surface area contributed by atoms with Crippen molar-refractivity contribution < 1.29 is 32.3 Å². The second-order valence-electron chi connectivity index (χ2n) is 15.8. The van der Waals surface area contributed by atoms with Crippen molar-refractivity contribution in [3.63, 3.8) is 0 Å². The molecule has 0 radical (unpaired) electrons. The zero-order valence-electron chi connectivity index (χ0n) is 32.2. The summed E-state index contributed by atoms with van der Waals surface area (Å²) in [6.07, 6.45) is 2.12. The number of pyridine rings is 1. The minimum absolute atomic E-state index is 0.207. The van der Waals surface area contributed by atoms with Crippen molar-refractivity contribution >= 4 is 45.3 Å². The van der Waals surface area contributed by atoms with Crippen molar-refractivity contribution in [2.24, 2.45) is 20.0 Å². The number of methoxy groups -OCH3 is 1. The number of halogens is 3. The number of hydrogen-bond acceptors (Lipinski definition) is 7. The van der Waals surface area contributed by atoms with Gasteiger partial charge >= 0.3 is 11.9 Å². The van der Waals surface area contributed by atoms with Gasteiger partial charge in [0.25, 0.3) is 5.91 Å². The first-order valence-corrected chi connectivity index (χ1v) is 19.6. The zero-order valence-corrected chi connectivity index (χ0v) is 32.2. The minimum Gasteiger partial charge on any atom is -0.494 e. The molecule has 3 aromatic heterocycles. The number of benzene rings is 2. The number of imidazole rings is 1. The van der Waals surface area contributed by atoms with Crippen molar-refractivity contribution in [1.29, 1.82) is 0 Å². The number of aryl methyl sites for hydroxylation is 2. The molecular formula is C42H46F3N7O5. The molecule has 1 aliphatic carbocycles. The molecule has 1 saturated carbocycles. The molecule has 5 heterocycles. The van der Waals surface area contributed by atoms with E-state index in [0.717, 1.165) is 97.8 Å². The van der Waals surface area contributed by atoms with E-state index < -0.39 is 29.7 Å². The highest BCUT2D eigenvalue weighted by Crippen LogP contribution is 2.41. The van der Waals surface area contributed by atoms with Gasteiger partial charge in [0.1, 0.15) is 23.2 Å². The highest BCUT2D eigenvalue weighted by molar-refractivity contribution is 6.05. The van der Waals surface area contributed by atoms with Crippen molar-refractivity contribution in [2.45, 2.75) is 75.4 Å². The smallest absolute Gasteiger partial charge is 0.433 e. The standard InChI is InChI=1S/C42H46F3N7O5/c1-49-33(21-27-20-30(35(57-3)22-34(27)49)47-39(54)29-7-5-9-36(46-29)42(43,44)45)26-12-10-24(11-13-26)23-51-18-16-25(17-19-51)28-6-4-8-31-38(28)50(2)41(56)52(31)32-14-15-37(53)48-40(32)55/h4-9,20-22,24-26,32H,10-19,23H2,1-3H3,(H,47,54)(H,48,53,55). The van der Waals surface area contributed by atoms with E-state index in [0.29, 0.717) is 35.6 Å². The third kappa shape index (κ3) is 7.33. The Morgan fingerprint density at radius 2 is 1.63 bits per heavy atom. The number of carbonyl (C=O) groups excluding carboxylic acids is 3. The molecule has 3 fully saturated rings. The number of para-hydroxylation sites is 1. The fourth-order valence-electron chi connectivity index (χ4n) is 9.41. The van der Waals surface area contributed by atoms with Crippen LogP contribution in [0, 0.1) is 5.92 Å². The van der Waals surface area contributed by atoms with Gasteiger partial charge in [-0.15, -0.1) is 0 Å². The number of likely N-dealkylation sites (tertiary alicyclic amines) is 1. The Morgan fingerprint density at radius 1 is 0.895 bits per heavy atom. The zero-order chi connectivity index (χ0) is 40.2. The highest BCUT2D eigenvalue weighted by Gasteiger charge is 2.35. The SMILES string of the molecule is COc1cc2c(cc1NC(=O)c1cccc(C(F)(F)F)n1)cc(C1CCC(CN3CCC(c4cccc5c4n(C)c(=O)n5C4CCC(=O)NC4=O)CC3)CC1)n2C. The van der Waals surface area contributed by atoms with Gasteiger partial charge in [-0.1, -0.05) is 18.2 Å². The minimum atomic E-state index is -4.66. The molecule has 0 bridgehead atoms. The lowest BCUT2D eigenvalue weighted by molar-refractivity contribution is -0.141. The van der Waals surface area contributed by atoms with E-state index in [4.69, 9.17) is 4.74 Å². The number of carbonyl (C=O) groups is 3. The van der Waals surface area contributed by atoms with Crippen LogP contribution in [0.1, 0.15) is 96.7 Å². The molecular weight excluding hydrogens is 739 g/mol. The molecule has 300 valence electrons. The van der Waals surface area contributed by atoms with E-state index in [1.165, 1.54) is 18.9 Å². The predicted octanol–water partition coefficient (Wildman–Crippen LogP) is 6.64. The van der Waals surface area contributed by atoms with Crippen LogP contribution in [-0.4, -0.2) is 68.1 Å². The number of anilines is 1. The summed E-state index contributed by atoms with van der Waals surface area (Å²) in [5.41, 5.74) is 3.50. The molecule has 2 saturated heterocycles. The van der Waals surface area contributed by atoms with Crippen LogP contribution in [0.5, 0.6) is 5.75 Å². The summed E-state index contributed by atoms with van der Waals surface area (Å²) >= 11 is 0. The molecule has 15 heteroatoms. The summed E-state index contributed by atoms with van der Waals surface area (Å²) in [6, 6.07) is 14.3. The molecule has 12 nitrogen and oxygen atoms in total. The Morgan fingerprint density at radius 3 is 2.33 bits per heavy atom. The van der Waals surface area contributed by atoms with Gasteiger partial charge in [0.05, 0.1) is 29.3 Å². The van der Waals surface area contributed by atoms with Crippen LogP contribution in [-0.2, 0) is 29.9 Å². The lowest BCUT2D eigenvalue weighted by Gasteiger charge is -2.37. The Bertz CT molecular complexity index is 2430. The first-order valence-electron chi connectivity index (χ1n) is 19.6. The first kappa shape index (κ1) is 38.4. The first-order chi connectivity index (χ1) is 27.3. The molecule has 0 spiro atoms. The summed E-state index contributed by atoms with van der Waals surface area (Å²) in [7, 11) is 5.28. The van der Waals surface area contributed by atoms with Crippen molar-refractivity contribution in [3.05, 3.63) is 87.7 Å². The van der Waals surface area contributed by atoms with Gasteiger partial charge in [0.15, 0.2) is 0 Å². The third-order valence-corrected chi connectivity index (χ3v) is 12.4. The Hall–Kier alpha value is -5.44.